The van der Waals surface area contributed by atoms with Gasteiger partial charge in [-0.15, -0.1) is 11.8 Å². The van der Waals surface area contributed by atoms with Gasteiger partial charge >= 0.3 is 0 Å². The van der Waals surface area contributed by atoms with E-state index in [4.69, 9.17) is 17.3 Å². The molecule has 3 N–H and O–H groups in total. The van der Waals surface area contributed by atoms with Crippen molar-refractivity contribution >= 4 is 29.3 Å². The van der Waals surface area contributed by atoms with Gasteiger partial charge in [0.25, 0.3) is 0 Å². The van der Waals surface area contributed by atoms with E-state index in [1.807, 2.05) is 31.2 Å². The second-order valence-corrected chi connectivity index (χ2v) is 6.64. The number of benzene rings is 1. The maximum absolute atomic E-state index is 11.7. The molecule has 0 aromatic heterocycles. The van der Waals surface area contributed by atoms with Gasteiger partial charge in [0.05, 0.1) is 10.6 Å². The van der Waals surface area contributed by atoms with E-state index < -0.39 is 5.54 Å². The monoisotopic (exact) mass is 298 g/mol. The normalized spacial score (nSPS) is 26.5. The quantitative estimate of drug-likeness (QED) is 0.879. The Bertz CT molecular complexity index is 469. The number of carbonyl (C=O) groups excluding carboxylic acids is 1. The fraction of sp³-hybridized carbons (Fsp3) is 0.500. The molecule has 19 heavy (non-hydrogen) atoms. The van der Waals surface area contributed by atoms with E-state index >= 15 is 0 Å². The van der Waals surface area contributed by atoms with Gasteiger partial charge in [-0.3, -0.25) is 4.79 Å². The van der Waals surface area contributed by atoms with Crippen molar-refractivity contribution in [3.8, 4) is 0 Å². The van der Waals surface area contributed by atoms with E-state index in [2.05, 4.69) is 5.32 Å². The van der Waals surface area contributed by atoms with Crippen LogP contribution in [0.25, 0.3) is 0 Å². The molecule has 3 nitrogen and oxygen atoms in total. The average molecular weight is 299 g/mol. The molecule has 0 aliphatic heterocycles. The van der Waals surface area contributed by atoms with Crippen LogP contribution in [0.15, 0.2) is 29.2 Å². The number of primary amides is 1. The van der Waals surface area contributed by atoms with Crippen molar-refractivity contribution < 1.29 is 4.79 Å². The lowest BCUT2D eigenvalue weighted by Crippen LogP contribution is -2.53. The van der Waals surface area contributed by atoms with Gasteiger partial charge in [-0.05, 0) is 37.9 Å². The summed E-state index contributed by atoms with van der Waals surface area (Å²) in [5.74, 6) is -0.239. The zero-order chi connectivity index (χ0) is 13.9. The summed E-state index contributed by atoms with van der Waals surface area (Å²) in [6, 6.07) is 7.82. The Hall–Kier alpha value is -0.710. The molecule has 1 saturated carbocycles. The Kier molecular flexibility index (Phi) is 4.76. The summed E-state index contributed by atoms with van der Waals surface area (Å²) in [6.45, 7) is 2.76. The summed E-state index contributed by atoms with van der Waals surface area (Å²) in [7, 11) is 0. The maximum atomic E-state index is 11.7. The fourth-order valence-electron chi connectivity index (χ4n) is 2.63. The molecule has 0 heterocycles. The first-order valence-electron chi connectivity index (χ1n) is 6.53. The SMILES string of the molecule is CCNC1(C(N)=O)CCC(Sc2ccccc2Cl)C1. The van der Waals surface area contributed by atoms with E-state index in [-0.39, 0.29) is 5.91 Å². The van der Waals surface area contributed by atoms with E-state index in [1.165, 1.54) is 0 Å². The molecular formula is C14H19ClN2OS. The molecule has 0 radical (unpaired) electrons. The number of hydrogen-bond donors (Lipinski definition) is 2. The highest BCUT2D eigenvalue weighted by atomic mass is 35.5. The molecule has 1 aromatic carbocycles. The third-order valence-electron chi connectivity index (χ3n) is 3.59. The lowest BCUT2D eigenvalue weighted by molar-refractivity contribution is -0.124. The predicted molar refractivity (Wildman–Crippen MR) is 80.6 cm³/mol. The Morgan fingerprint density at radius 3 is 2.95 bits per heavy atom. The number of carbonyl (C=O) groups is 1. The third-order valence-corrected chi connectivity index (χ3v) is 5.37. The van der Waals surface area contributed by atoms with Crippen LogP contribution >= 0.6 is 23.4 Å². The Morgan fingerprint density at radius 1 is 1.58 bits per heavy atom. The molecular weight excluding hydrogens is 280 g/mol. The summed E-state index contributed by atoms with van der Waals surface area (Å²) < 4.78 is 0. The topological polar surface area (TPSA) is 55.1 Å². The van der Waals surface area contributed by atoms with Crippen LogP contribution < -0.4 is 11.1 Å². The lowest BCUT2D eigenvalue weighted by Gasteiger charge is -2.26. The molecule has 5 heteroatoms. The molecule has 1 aliphatic carbocycles. The predicted octanol–water partition coefficient (Wildman–Crippen LogP) is 2.82. The highest BCUT2D eigenvalue weighted by Gasteiger charge is 2.43. The first-order chi connectivity index (χ1) is 9.07. The van der Waals surface area contributed by atoms with E-state index in [0.29, 0.717) is 5.25 Å². The van der Waals surface area contributed by atoms with E-state index in [9.17, 15) is 4.79 Å². The van der Waals surface area contributed by atoms with E-state index in [1.54, 1.807) is 11.8 Å². The molecule has 1 aromatic rings. The number of hydrogen-bond acceptors (Lipinski definition) is 3. The molecule has 2 atom stereocenters. The van der Waals surface area contributed by atoms with Crippen LogP contribution in [0, 0.1) is 0 Å². The van der Waals surface area contributed by atoms with Gasteiger partial charge in [-0.2, -0.15) is 0 Å². The summed E-state index contributed by atoms with van der Waals surface area (Å²) in [4.78, 5) is 12.8. The van der Waals surface area contributed by atoms with Gasteiger partial charge in [0.15, 0.2) is 0 Å². The summed E-state index contributed by atoms with van der Waals surface area (Å²) in [5.41, 5.74) is 5.03. The third kappa shape index (κ3) is 3.25. The number of rotatable bonds is 5. The number of likely N-dealkylation sites (N-methyl/N-ethyl adjacent to an activating group) is 1. The lowest BCUT2D eigenvalue weighted by atomic mass is 9.97. The van der Waals surface area contributed by atoms with Crippen molar-refractivity contribution in [3.05, 3.63) is 29.3 Å². The number of nitrogens with one attached hydrogen (secondary N) is 1. The molecule has 1 aliphatic rings. The van der Waals surface area contributed by atoms with Crippen molar-refractivity contribution in [2.24, 2.45) is 5.73 Å². The first-order valence-corrected chi connectivity index (χ1v) is 7.79. The van der Waals surface area contributed by atoms with Crippen LogP contribution in [0.2, 0.25) is 5.02 Å². The molecule has 2 rings (SSSR count). The number of thioether (sulfide) groups is 1. The number of halogens is 1. The molecule has 1 amide bonds. The van der Waals surface area contributed by atoms with Crippen LogP contribution in [0.3, 0.4) is 0 Å². The molecule has 104 valence electrons. The Balaban J connectivity index is 2.06. The van der Waals surface area contributed by atoms with Gasteiger partial charge in [0.2, 0.25) is 5.91 Å². The van der Waals surface area contributed by atoms with Gasteiger partial charge in [0, 0.05) is 10.1 Å². The van der Waals surface area contributed by atoms with Crippen LogP contribution in [-0.2, 0) is 4.79 Å². The second kappa shape index (κ2) is 6.16. The van der Waals surface area contributed by atoms with Crippen LogP contribution in [0.4, 0.5) is 0 Å². The van der Waals surface area contributed by atoms with Gasteiger partial charge in [0.1, 0.15) is 0 Å². The molecule has 0 bridgehead atoms. The second-order valence-electron chi connectivity index (χ2n) is 4.89. The largest absolute Gasteiger partial charge is 0.368 e. The minimum atomic E-state index is -0.534. The van der Waals surface area contributed by atoms with Crippen molar-refractivity contribution in [3.63, 3.8) is 0 Å². The average Bonchev–Trinajstić information content (AvgIpc) is 2.77. The summed E-state index contributed by atoms with van der Waals surface area (Å²) in [6.07, 6.45) is 2.55. The highest BCUT2D eigenvalue weighted by Crippen LogP contribution is 2.41. The highest BCUT2D eigenvalue weighted by molar-refractivity contribution is 8.00. The number of amides is 1. The Labute approximate surface area is 123 Å². The van der Waals surface area contributed by atoms with E-state index in [0.717, 1.165) is 35.7 Å². The first kappa shape index (κ1) is 14.7. The maximum Gasteiger partial charge on any atom is 0.237 e. The summed E-state index contributed by atoms with van der Waals surface area (Å²) in [5, 5.41) is 4.42. The van der Waals surface area contributed by atoms with Crippen molar-refractivity contribution in [1.29, 1.82) is 0 Å². The van der Waals surface area contributed by atoms with Gasteiger partial charge in [-0.1, -0.05) is 30.7 Å². The minimum Gasteiger partial charge on any atom is -0.368 e. The van der Waals surface area contributed by atoms with Gasteiger partial charge < -0.3 is 11.1 Å². The molecule has 2 unspecified atom stereocenters. The van der Waals surface area contributed by atoms with Crippen LogP contribution in [0.5, 0.6) is 0 Å². The summed E-state index contributed by atoms with van der Waals surface area (Å²) >= 11 is 7.91. The van der Waals surface area contributed by atoms with Crippen LogP contribution in [0.1, 0.15) is 26.2 Å². The fourth-order valence-corrected chi connectivity index (χ4v) is 4.20. The zero-order valence-corrected chi connectivity index (χ0v) is 12.6. The van der Waals surface area contributed by atoms with Gasteiger partial charge in [-0.25, -0.2) is 0 Å². The van der Waals surface area contributed by atoms with Crippen molar-refractivity contribution in [1.82, 2.24) is 5.32 Å². The molecule has 1 fully saturated rings. The standard InChI is InChI=1S/C14H19ClN2OS/c1-2-17-14(13(16)18)8-7-10(9-14)19-12-6-4-3-5-11(12)15/h3-6,10,17H,2,7-9H2,1H3,(H2,16,18). The van der Waals surface area contributed by atoms with Crippen LogP contribution in [-0.4, -0.2) is 23.2 Å². The van der Waals surface area contributed by atoms with Crippen molar-refractivity contribution in [2.45, 2.75) is 41.9 Å². The number of nitrogens with two attached hydrogens (primary N) is 1. The van der Waals surface area contributed by atoms with Crippen molar-refractivity contribution in [2.75, 3.05) is 6.54 Å². The molecule has 0 saturated heterocycles. The Morgan fingerprint density at radius 2 is 2.32 bits per heavy atom. The smallest absolute Gasteiger partial charge is 0.237 e. The minimum absolute atomic E-state index is 0.239. The zero-order valence-electron chi connectivity index (χ0n) is 11.0. The molecule has 0 spiro atoms.